The molecule has 1 aliphatic rings. The van der Waals surface area contributed by atoms with E-state index < -0.39 is 28.5 Å². The molecule has 0 aromatic heterocycles. The number of nitrogens with zero attached hydrogens (tertiary/aromatic N) is 1. The molecule has 1 saturated heterocycles. The highest BCUT2D eigenvalue weighted by atomic mass is 79.9. The molecule has 1 fully saturated rings. The largest absolute Gasteiger partial charge is 0.452 e. The zero-order chi connectivity index (χ0) is 20.7. The molecule has 1 heterocycles. The van der Waals surface area contributed by atoms with Crippen molar-refractivity contribution in [3.8, 4) is 0 Å². The molecule has 0 spiro atoms. The number of carbonyl (C=O) groups excluding carboxylic acids is 2. The molecule has 1 amide bonds. The number of carbonyl (C=O) groups is 2. The molecule has 11 heteroatoms. The molecule has 1 N–H and O–H groups in total. The van der Waals surface area contributed by atoms with Crippen LogP contribution in [0.25, 0.3) is 0 Å². The number of morpholine rings is 1. The quantitative estimate of drug-likeness (QED) is 0.549. The van der Waals surface area contributed by atoms with Crippen LogP contribution in [-0.2, 0) is 29.0 Å². The fraction of sp³-hybridized carbons (Fsp3) is 0.529. The van der Waals surface area contributed by atoms with Crippen LogP contribution < -0.4 is 5.32 Å². The Bertz CT molecular complexity index is 810. The predicted molar refractivity (Wildman–Crippen MR) is 103 cm³/mol. The number of methoxy groups -OCH3 is 1. The Morgan fingerprint density at radius 1 is 1.32 bits per heavy atom. The van der Waals surface area contributed by atoms with E-state index in [1.54, 1.807) is 6.92 Å². The van der Waals surface area contributed by atoms with Crippen LogP contribution in [0.5, 0.6) is 0 Å². The Kier molecular flexibility index (Phi) is 8.38. The Morgan fingerprint density at radius 2 is 2.00 bits per heavy atom. The van der Waals surface area contributed by atoms with E-state index in [2.05, 4.69) is 21.2 Å². The van der Waals surface area contributed by atoms with E-state index in [0.717, 1.165) is 0 Å². The summed E-state index contributed by atoms with van der Waals surface area (Å²) in [6.07, 6.45) is 0. The van der Waals surface area contributed by atoms with Crippen LogP contribution in [0.15, 0.2) is 27.6 Å². The molecule has 1 aliphatic heterocycles. The number of hydrogen-bond donors (Lipinski definition) is 1. The highest BCUT2D eigenvalue weighted by Crippen LogP contribution is 2.27. The van der Waals surface area contributed by atoms with Crippen LogP contribution in [0.4, 0.5) is 0 Å². The van der Waals surface area contributed by atoms with Gasteiger partial charge in [0.05, 0.1) is 30.3 Å². The van der Waals surface area contributed by atoms with Gasteiger partial charge in [-0.25, -0.2) is 13.2 Å². The Labute approximate surface area is 172 Å². The third-order valence-corrected chi connectivity index (χ3v) is 6.81. The lowest BCUT2D eigenvalue weighted by atomic mass is 10.2. The molecule has 9 nitrogen and oxygen atoms in total. The molecule has 156 valence electrons. The number of ether oxygens (including phenoxy) is 3. The first kappa shape index (κ1) is 22.8. The van der Waals surface area contributed by atoms with Gasteiger partial charge in [-0.05, 0) is 41.1 Å². The summed E-state index contributed by atoms with van der Waals surface area (Å²) in [4.78, 5) is 24.0. The zero-order valence-electron chi connectivity index (χ0n) is 15.6. The van der Waals surface area contributed by atoms with Crippen molar-refractivity contribution < 1.29 is 32.2 Å². The normalized spacial score (nSPS) is 16.4. The van der Waals surface area contributed by atoms with E-state index in [1.165, 1.54) is 29.6 Å². The first-order chi connectivity index (χ1) is 13.3. The maximum atomic E-state index is 12.8. The van der Waals surface area contributed by atoms with Crippen molar-refractivity contribution >= 4 is 37.8 Å². The van der Waals surface area contributed by atoms with Crippen molar-refractivity contribution in [2.45, 2.75) is 17.9 Å². The molecule has 1 unspecified atom stereocenters. The molecular weight excluding hydrogens is 456 g/mol. The third-order valence-electron chi connectivity index (χ3n) is 3.91. The predicted octanol–water partition coefficient (Wildman–Crippen LogP) is 0.778. The smallest absolute Gasteiger partial charge is 0.338 e. The van der Waals surface area contributed by atoms with Crippen molar-refractivity contribution in [1.82, 2.24) is 9.62 Å². The van der Waals surface area contributed by atoms with Gasteiger partial charge in [0.15, 0.2) is 6.61 Å². The summed E-state index contributed by atoms with van der Waals surface area (Å²) in [5, 5.41) is 2.61. The third kappa shape index (κ3) is 5.98. The standard InChI is InChI=1S/C17H23BrN2O7S/c1-12(10-25-2)19-16(21)11-27-17(22)13-3-4-14(18)15(9-13)28(23,24)20-5-7-26-8-6-20/h3-4,9,12H,5-8,10-11H2,1-2H3,(H,19,21). The lowest BCUT2D eigenvalue weighted by Gasteiger charge is -2.26. The number of nitrogens with one attached hydrogen (secondary N) is 1. The van der Waals surface area contributed by atoms with E-state index >= 15 is 0 Å². The maximum Gasteiger partial charge on any atom is 0.338 e. The minimum atomic E-state index is -3.80. The van der Waals surface area contributed by atoms with E-state index in [-0.39, 0.29) is 29.6 Å². The Balaban J connectivity index is 2.07. The highest BCUT2D eigenvalue weighted by molar-refractivity contribution is 9.10. The summed E-state index contributed by atoms with van der Waals surface area (Å²) in [5.74, 6) is -1.27. The molecule has 28 heavy (non-hydrogen) atoms. The summed E-state index contributed by atoms with van der Waals surface area (Å²) in [5.41, 5.74) is 0.0350. The van der Waals surface area contributed by atoms with Gasteiger partial charge in [-0.2, -0.15) is 4.31 Å². The Morgan fingerprint density at radius 3 is 2.64 bits per heavy atom. The number of hydrogen-bond acceptors (Lipinski definition) is 7. The fourth-order valence-electron chi connectivity index (χ4n) is 2.58. The lowest BCUT2D eigenvalue weighted by Crippen LogP contribution is -2.40. The molecule has 1 aromatic carbocycles. The minimum Gasteiger partial charge on any atom is -0.452 e. The van der Waals surface area contributed by atoms with Gasteiger partial charge in [0.2, 0.25) is 10.0 Å². The first-order valence-electron chi connectivity index (χ1n) is 8.58. The van der Waals surface area contributed by atoms with Crippen molar-refractivity contribution in [3.63, 3.8) is 0 Å². The molecule has 2 rings (SSSR count). The number of rotatable bonds is 8. The van der Waals surface area contributed by atoms with Crippen molar-refractivity contribution in [1.29, 1.82) is 0 Å². The van der Waals surface area contributed by atoms with Gasteiger partial charge in [0.1, 0.15) is 0 Å². The van der Waals surface area contributed by atoms with Crippen LogP contribution in [0.1, 0.15) is 17.3 Å². The zero-order valence-corrected chi connectivity index (χ0v) is 18.0. The van der Waals surface area contributed by atoms with Gasteiger partial charge < -0.3 is 19.5 Å². The minimum absolute atomic E-state index is 0.0350. The van der Waals surface area contributed by atoms with Gasteiger partial charge in [-0.1, -0.05) is 0 Å². The molecule has 0 saturated carbocycles. The Hall–Kier alpha value is -1.53. The molecule has 0 aliphatic carbocycles. The van der Waals surface area contributed by atoms with Crippen LogP contribution in [0, 0.1) is 0 Å². The molecule has 0 radical (unpaired) electrons. The van der Waals surface area contributed by atoms with Crippen molar-refractivity contribution in [2.24, 2.45) is 0 Å². The fourth-order valence-corrected chi connectivity index (χ4v) is 4.94. The monoisotopic (exact) mass is 478 g/mol. The average Bonchev–Trinajstić information content (AvgIpc) is 2.67. The van der Waals surface area contributed by atoms with E-state index in [9.17, 15) is 18.0 Å². The van der Waals surface area contributed by atoms with Gasteiger partial charge in [-0.3, -0.25) is 4.79 Å². The van der Waals surface area contributed by atoms with Crippen molar-refractivity contribution in [2.75, 3.05) is 46.6 Å². The summed E-state index contributed by atoms with van der Waals surface area (Å²) < 4.78 is 42.4. The lowest BCUT2D eigenvalue weighted by molar-refractivity contribution is -0.125. The average molecular weight is 479 g/mol. The first-order valence-corrected chi connectivity index (χ1v) is 10.8. The van der Waals surface area contributed by atoms with Crippen molar-refractivity contribution in [3.05, 3.63) is 28.2 Å². The molecular formula is C17H23BrN2O7S. The van der Waals surface area contributed by atoms with E-state index in [4.69, 9.17) is 14.2 Å². The van der Waals surface area contributed by atoms with Gasteiger partial charge in [0.25, 0.3) is 5.91 Å². The second kappa shape index (κ2) is 10.3. The topological polar surface area (TPSA) is 111 Å². The molecule has 1 aromatic rings. The summed E-state index contributed by atoms with van der Waals surface area (Å²) in [6.45, 7) is 2.71. The number of esters is 1. The summed E-state index contributed by atoms with van der Waals surface area (Å²) >= 11 is 3.22. The van der Waals surface area contributed by atoms with E-state index in [1.807, 2.05) is 0 Å². The summed E-state index contributed by atoms with van der Waals surface area (Å²) in [6, 6.07) is 3.90. The van der Waals surface area contributed by atoms with Gasteiger partial charge in [0, 0.05) is 30.7 Å². The number of benzene rings is 1. The maximum absolute atomic E-state index is 12.8. The van der Waals surface area contributed by atoms with Gasteiger partial charge >= 0.3 is 5.97 Å². The number of amides is 1. The van der Waals surface area contributed by atoms with Crippen LogP contribution >= 0.6 is 15.9 Å². The SMILES string of the molecule is COCC(C)NC(=O)COC(=O)c1ccc(Br)c(S(=O)(=O)N2CCOCC2)c1. The van der Waals surface area contributed by atoms with Crippen LogP contribution in [-0.4, -0.2) is 77.3 Å². The second-order valence-corrected chi connectivity index (χ2v) is 8.92. The number of sulfonamides is 1. The second-order valence-electron chi connectivity index (χ2n) is 6.16. The van der Waals surface area contributed by atoms with Crippen LogP contribution in [0.2, 0.25) is 0 Å². The van der Waals surface area contributed by atoms with Crippen LogP contribution in [0.3, 0.4) is 0 Å². The highest BCUT2D eigenvalue weighted by Gasteiger charge is 2.29. The molecule has 0 bridgehead atoms. The van der Waals surface area contributed by atoms with Gasteiger partial charge in [-0.15, -0.1) is 0 Å². The van der Waals surface area contributed by atoms with E-state index in [0.29, 0.717) is 24.3 Å². The number of halogens is 1. The molecule has 1 atom stereocenters. The summed E-state index contributed by atoms with van der Waals surface area (Å²) in [7, 11) is -2.28.